The van der Waals surface area contributed by atoms with Crippen molar-refractivity contribution in [3.05, 3.63) is 48.0 Å². The van der Waals surface area contributed by atoms with E-state index in [0.717, 1.165) is 12.0 Å². The Morgan fingerprint density at radius 2 is 2.00 bits per heavy atom. The van der Waals surface area contributed by atoms with Gasteiger partial charge in [-0.25, -0.2) is 0 Å². The average Bonchev–Trinajstić information content (AvgIpc) is 3.02. The van der Waals surface area contributed by atoms with Crippen LogP contribution < -0.4 is 0 Å². The highest BCUT2D eigenvalue weighted by atomic mass is 16.2. The Labute approximate surface area is 132 Å². The van der Waals surface area contributed by atoms with Gasteiger partial charge < -0.3 is 9.80 Å². The van der Waals surface area contributed by atoms with Crippen LogP contribution in [0.25, 0.3) is 0 Å². The Bertz CT molecular complexity index is 565. The molecule has 0 saturated carbocycles. The molecule has 2 amide bonds. The molecule has 1 saturated heterocycles. The molecule has 0 spiro atoms. The van der Waals surface area contributed by atoms with Gasteiger partial charge in [-0.05, 0) is 31.9 Å². The summed E-state index contributed by atoms with van der Waals surface area (Å²) in [5.41, 5.74) is 2.33. The van der Waals surface area contributed by atoms with Crippen molar-refractivity contribution in [3.63, 3.8) is 0 Å². The fourth-order valence-corrected chi connectivity index (χ4v) is 2.84. The van der Waals surface area contributed by atoms with Crippen LogP contribution in [0.5, 0.6) is 0 Å². The highest BCUT2D eigenvalue weighted by Gasteiger charge is 2.33. The lowest BCUT2D eigenvalue weighted by molar-refractivity contribution is -0.136. The SMILES string of the molecule is C=CC(=O)N1CCC(C(=O)N(C)C(C)c2ccc(C)cc2)C1. The van der Waals surface area contributed by atoms with E-state index in [0.29, 0.717) is 13.1 Å². The maximum atomic E-state index is 12.6. The Hall–Kier alpha value is -2.10. The van der Waals surface area contributed by atoms with E-state index in [9.17, 15) is 9.59 Å². The van der Waals surface area contributed by atoms with Crippen molar-refractivity contribution >= 4 is 11.8 Å². The first kappa shape index (κ1) is 16.3. The fourth-order valence-electron chi connectivity index (χ4n) is 2.84. The van der Waals surface area contributed by atoms with Gasteiger partial charge in [0.2, 0.25) is 11.8 Å². The zero-order valence-corrected chi connectivity index (χ0v) is 13.6. The number of likely N-dealkylation sites (tertiary alicyclic amines) is 1. The van der Waals surface area contributed by atoms with Crippen LogP contribution in [0.2, 0.25) is 0 Å². The Morgan fingerprint density at radius 1 is 1.36 bits per heavy atom. The van der Waals surface area contributed by atoms with Crippen LogP contribution in [-0.4, -0.2) is 41.8 Å². The van der Waals surface area contributed by atoms with Gasteiger partial charge in [0, 0.05) is 20.1 Å². The monoisotopic (exact) mass is 300 g/mol. The molecular weight excluding hydrogens is 276 g/mol. The highest BCUT2D eigenvalue weighted by Crippen LogP contribution is 2.25. The summed E-state index contributed by atoms with van der Waals surface area (Å²) < 4.78 is 0. The zero-order chi connectivity index (χ0) is 16.3. The molecule has 1 aromatic rings. The molecule has 22 heavy (non-hydrogen) atoms. The molecule has 1 aliphatic rings. The van der Waals surface area contributed by atoms with Crippen LogP contribution in [0.4, 0.5) is 0 Å². The number of nitrogens with zero attached hydrogens (tertiary/aromatic N) is 2. The standard InChI is InChI=1S/C18H24N2O2/c1-5-17(21)20-11-10-16(12-20)18(22)19(4)14(3)15-8-6-13(2)7-9-15/h5-9,14,16H,1,10-12H2,2-4H3. The molecule has 4 heteroatoms. The van der Waals surface area contributed by atoms with Gasteiger partial charge in [0.05, 0.1) is 12.0 Å². The molecule has 1 aliphatic heterocycles. The van der Waals surface area contributed by atoms with Crippen molar-refractivity contribution in [1.29, 1.82) is 0 Å². The maximum absolute atomic E-state index is 12.6. The summed E-state index contributed by atoms with van der Waals surface area (Å²) in [4.78, 5) is 27.8. The Morgan fingerprint density at radius 3 is 2.59 bits per heavy atom. The van der Waals surface area contributed by atoms with Crippen LogP contribution >= 0.6 is 0 Å². The zero-order valence-electron chi connectivity index (χ0n) is 13.6. The van der Waals surface area contributed by atoms with Crippen LogP contribution in [0.1, 0.15) is 30.5 Å². The average molecular weight is 300 g/mol. The molecule has 4 nitrogen and oxygen atoms in total. The number of aryl methyl sites for hydroxylation is 1. The predicted octanol–water partition coefficient (Wildman–Crippen LogP) is 2.55. The van der Waals surface area contributed by atoms with Crippen molar-refractivity contribution < 1.29 is 9.59 Å². The molecular formula is C18H24N2O2. The lowest BCUT2D eigenvalue weighted by Gasteiger charge is -2.28. The van der Waals surface area contributed by atoms with Crippen LogP contribution in [0.15, 0.2) is 36.9 Å². The molecule has 1 fully saturated rings. The maximum Gasteiger partial charge on any atom is 0.245 e. The smallest absolute Gasteiger partial charge is 0.245 e. The van der Waals surface area contributed by atoms with E-state index in [1.165, 1.54) is 11.6 Å². The molecule has 0 aromatic heterocycles. The Kier molecular flexibility index (Phi) is 5.01. The first-order valence-electron chi connectivity index (χ1n) is 7.68. The third-order valence-corrected chi connectivity index (χ3v) is 4.51. The van der Waals surface area contributed by atoms with E-state index < -0.39 is 0 Å². The normalized spacial score (nSPS) is 18.9. The van der Waals surface area contributed by atoms with E-state index >= 15 is 0 Å². The van der Waals surface area contributed by atoms with Gasteiger partial charge in [0.1, 0.15) is 0 Å². The lowest BCUT2D eigenvalue weighted by Crippen LogP contribution is -2.37. The number of carbonyl (C=O) groups is 2. The van der Waals surface area contributed by atoms with Crippen LogP contribution in [-0.2, 0) is 9.59 Å². The second-order valence-corrected chi connectivity index (χ2v) is 6.01. The lowest BCUT2D eigenvalue weighted by atomic mass is 10.0. The summed E-state index contributed by atoms with van der Waals surface area (Å²) in [7, 11) is 1.84. The molecule has 0 N–H and O–H groups in total. The number of hydrogen-bond acceptors (Lipinski definition) is 2. The number of rotatable bonds is 4. The molecule has 1 heterocycles. The van der Waals surface area contributed by atoms with E-state index in [1.54, 1.807) is 9.80 Å². The molecule has 2 unspecified atom stereocenters. The minimum absolute atomic E-state index is 0.0252. The summed E-state index contributed by atoms with van der Waals surface area (Å²) in [6.45, 7) is 8.71. The van der Waals surface area contributed by atoms with Crippen molar-refractivity contribution in [3.8, 4) is 0 Å². The summed E-state index contributed by atoms with van der Waals surface area (Å²) in [6.07, 6.45) is 2.04. The number of amides is 2. The van der Waals surface area contributed by atoms with E-state index in [-0.39, 0.29) is 23.8 Å². The molecule has 0 radical (unpaired) electrons. The Balaban J connectivity index is 2.01. The molecule has 2 rings (SSSR count). The second kappa shape index (κ2) is 6.77. The van der Waals surface area contributed by atoms with Crippen LogP contribution in [0, 0.1) is 12.8 Å². The second-order valence-electron chi connectivity index (χ2n) is 6.01. The molecule has 2 atom stereocenters. The highest BCUT2D eigenvalue weighted by molar-refractivity contribution is 5.88. The van der Waals surface area contributed by atoms with Gasteiger partial charge >= 0.3 is 0 Å². The molecule has 0 aliphatic carbocycles. The van der Waals surface area contributed by atoms with E-state index in [2.05, 4.69) is 30.8 Å². The summed E-state index contributed by atoms with van der Waals surface area (Å²) >= 11 is 0. The first-order chi connectivity index (χ1) is 10.4. The van der Waals surface area contributed by atoms with Crippen molar-refractivity contribution in [1.82, 2.24) is 9.80 Å². The fraction of sp³-hybridized carbons (Fsp3) is 0.444. The number of benzene rings is 1. The van der Waals surface area contributed by atoms with Gasteiger partial charge in [-0.2, -0.15) is 0 Å². The number of hydrogen-bond donors (Lipinski definition) is 0. The first-order valence-corrected chi connectivity index (χ1v) is 7.68. The van der Waals surface area contributed by atoms with Gasteiger partial charge in [0.25, 0.3) is 0 Å². The summed E-state index contributed by atoms with van der Waals surface area (Å²) in [5.74, 6) is -0.0984. The third kappa shape index (κ3) is 3.38. The van der Waals surface area contributed by atoms with Crippen molar-refractivity contribution in [2.75, 3.05) is 20.1 Å². The largest absolute Gasteiger partial charge is 0.339 e. The van der Waals surface area contributed by atoms with E-state index in [4.69, 9.17) is 0 Å². The minimum Gasteiger partial charge on any atom is -0.339 e. The van der Waals surface area contributed by atoms with E-state index in [1.807, 2.05) is 20.9 Å². The minimum atomic E-state index is -0.109. The molecule has 1 aromatic carbocycles. The predicted molar refractivity (Wildman–Crippen MR) is 87.2 cm³/mol. The van der Waals surface area contributed by atoms with Gasteiger partial charge in [0.15, 0.2) is 0 Å². The van der Waals surface area contributed by atoms with Crippen LogP contribution in [0.3, 0.4) is 0 Å². The molecule has 118 valence electrons. The van der Waals surface area contributed by atoms with Crippen molar-refractivity contribution in [2.24, 2.45) is 5.92 Å². The topological polar surface area (TPSA) is 40.6 Å². The number of carbonyl (C=O) groups excluding carboxylic acids is 2. The quantitative estimate of drug-likeness (QED) is 0.802. The summed E-state index contributed by atoms with van der Waals surface area (Å²) in [5, 5.41) is 0. The van der Waals surface area contributed by atoms with Gasteiger partial charge in [-0.1, -0.05) is 36.4 Å². The third-order valence-electron chi connectivity index (χ3n) is 4.51. The van der Waals surface area contributed by atoms with Gasteiger partial charge in [-0.3, -0.25) is 9.59 Å². The van der Waals surface area contributed by atoms with Gasteiger partial charge in [-0.15, -0.1) is 0 Å². The summed E-state index contributed by atoms with van der Waals surface area (Å²) in [6, 6.07) is 8.27. The molecule has 0 bridgehead atoms. The van der Waals surface area contributed by atoms with Crippen molar-refractivity contribution in [2.45, 2.75) is 26.3 Å².